The summed E-state index contributed by atoms with van der Waals surface area (Å²) >= 11 is 1.55. The Morgan fingerprint density at radius 2 is 2.24 bits per heavy atom. The van der Waals surface area contributed by atoms with Crippen LogP contribution in [0, 0.1) is 5.82 Å². The van der Waals surface area contributed by atoms with Crippen LogP contribution in [-0.4, -0.2) is 23.9 Å². The van der Waals surface area contributed by atoms with Crippen molar-refractivity contribution in [2.75, 3.05) is 12.9 Å². The largest absolute Gasteiger partial charge is 0.497 e. The first-order chi connectivity index (χ1) is 8.08. The van der Waals surface area contributed by atoms with Gasteiger partial charge in [-0.1, -0.05) is 13.8 Å². The zero-order chi connectivity index (χ0) is 12.8. The lowest BCUT2D eigenvalue weighted by atomic mass is 10.1. The molecule has 0 fully saturated rings. The van der Waals surface area contributed by atoms with Crippen LogP contribution in [-0.2, 0) is 0 Å². The smallest absolute Gasteiger partial charge is 0.175 e. The van der Waals surface area contributed by atoms with Gasteiger partial charge in [0.15, 0.2) is 5.78 Å². The Kier molecular flexibility index (Phi) is 5.48. The fraction of sp³-hybridized carbons (Fsp3) is 0.462. The van der Waals surface area contributed by atoms with Crippen molar-refractivity contribution >= 4 is 17.5 Å². The molecule has 0 radical (unpaired) electrons. The van der Waals surface area contributed by atoms with E-state index in [2.05, 4.69) is 13.8 Å². The molecule has 0 saturated carbocycles. The summed E-state index contributed by atoms with van der Waals surface area (Å²) in [5, 5.41) is 0.417. The van der Waals surface area contributed by atoms with Crippen molar-refractivity contribution in [2.45, 2.75) is 25.5 Å². The highest BCUT2D eigenvalue weighted by atomic mass is 32.2. The highest BCUT2D eigenvalue weighted by molar-refractivity contribution is 8.00. The summed E-state index contributed by atoms with van der Waals surface area (Å²) in [7, 11) is 1.47. The average molecular weight is 256 g/mol. The zero-order valence-corrected chi connectivity index (χ0v) is 11.1. The van der Waals surface area contributed by atoms with Crippen molar-refractivity contribution in [1.82, 2.24) is 0 Å². The predicted molar refractivity (Wildman–Crippen MR) is 69.5 cm³/mol. The molecule has 4 heteroatoms. The summed E-state index contributed by atoms with van der Waals surface area (Å²) < 4.78 is 18.5. The quantitative estimate of drug-likeness (QED) is 0.728. The summed E-state index contributed by atoms with van der Waals surface area (Å²) in [5.74, 6) is 0.0568. The molecule has 0 amide bonds. The van der Waals surface area contributed by atoms with E-state index in [1.165, 1.54) is 19.2 Å². The van der Waals surface area contributed by atoms with Gasteiger partial charge in [0.05, 0.1) is 18.4 Å². The van der Waals surface area contributed by atoms with Gasteiger partial charge in [-0.2, -0.15) is 11.8 Å². The van der Waals surface area contributed by atoms with E-state index in [4.69, 9.17) is 4.74 Å². The third-order valence-electron chi connectivity index (χ3n) is 2.55. The van der Waals surface area contributed by atoms with Crippen LogP contribution >= 0.6 is 11.8 Å². The minimum Gasteiger partial charge on any atom is -0.497 e. The van der Waals surface area contributed by atoms with Gasteiger partial charge in [0, 0.05) is 11.3 Å². The summed E-state index contributed by atoms with van der Waals surface area (Å²) in [6, 6.07) is 4.32. The van der Waals surface area contributed by atoms with Gasteiger partial charge in [0.25, 0.3) is 0 Å². The molecule has 2 nitrogen and oxygen atoms in total. The van der Waals surface area contributed by atoms with Crippen molar-refractivity contribution < 1.29 is 13.9 Å². The number of thioether (sulfide) groups is 1. The first-order valence-corrected chi connectivity index (χ1v) is 6.61. The third-order valence-corrected chi connectivity index (χ3v) is 3.88. The lowest BCUT2D eigenvalue weighted by Crippen LogP contribution is -2.08. The van der Waals surface area contributed by atoms with Gasteiger partial charge in [0.2, 0.25) is 0 Å². The zero-order valence-electron chi connectivity index (χ0n) is 10.3. The van der Waals surface area contributed by atoms with Crippen molar-refractivity contribution in [3.8, 4) is 5.75 Å². The SMILES string of the molecule is CCC(C)SCC(=O)c1ccc(OC)cc1F. The lowest BCUT2D eigenvalue weighted by molar-refractivity contribution is 0.101. The van der Waals surface area contributed by atoms with Crippen LogP contribution in [0.25, 0.3) is 0 Å². The second kappa shape index (κ2) is 6.64. The van der Waals surface area contributed by atoms with Crippen molar-refractivity contribution in [3.05, 3.63) is 29.6 Å². The molecule has 0 aliphatic rings. The van der Waals surface area contributed by atoms with Gasteiger partial charge in [-0.15, -0.1) is 0 Å². The average Bonchev–Trinajstić information content (AvgIpc) is 2.35. The maximum atomic E-state index is 13.6. The monoisotopic (exact) mass is 256 g/mol. The lowest BCUT2D eigenvalue weighted by Gasteiger charge is -2.08. The molecule has 94 valence electrons. The molecule has 0 aliphatic heterocycles. The topological polar surface area (TPSA) is 26.3 Å². The third kappa shape index (κ3) is 4.04. The van der Waals surface area contributed by atoms with E-state index >= 15 is 0 Å². The van der Waals surface area contributed by atoms with Crippen LogP contribution in [0.1, 0.15) is 30.6 Å². The normalized spacial score (nSPS) is 12.2. The molecule has 1 atom stereocenters. The molecule has 0 aromatic heterocycles. The number of ketones is 1. The van der Waals surface area contributed by atoms with Gasteiger partial charge in [-0.3, -0.25) is 4.79 Å². The Morgan fingerprint density at radius 3 is 2.76 bits per heavy atom. The van der Waals surface area contributed by atoms with Crippen LogP contribution in [0.15, 0.2) is 18.2 Å². The highest BCUT2D eigenvalue weighted by Gasteiger charge is 2.13. The molecule has 1 aromatic rings. The number of rotatable bonds is 6. The molecular formula is C13H17FO2S. The van der Waals surface area contributed by atoms with Crippen molar-refractivity contribution in [1.29, 1.82) is 0 Å². The Hall–Kier alpha value is -1.03. The molecule has 0 bridgehead atoms. The minimum absolute atomic E-state index is 0.140. The number of methoxy groups -OCH3 is 1. The molecule has 0 heterocycles. The predicted octanol–water partition coefficient (Wildman–Crippen LogP) is 3.55. The molecule has 0 saturated heterocycles. The number of carbonyl (C=O) groups is 1. The first-order valence-electron chi connectivity index (χ1n) is 5.56. The van der Waals surface area contributed by atoms with Gasteiger partial charge in [-0.25, -0.2) is 4.39 Å². The van der Waals surface area contributed by atoms with Crippen molar-refractivity contribution in [2.24, 2.45) is 0 Å². The van der Waals surface area contributed by atoms with E-state index in [1.807, 2.05) is 0 Å². The van der Waals surface area contributed by atoms with Crippen LogP contribution in [0.5, 0.6) is 5.75 Å². The molecule has 0 N–H and O–H groups in total. The number of carbonyl (C=O) groups excluding carboxylic acids is 1. The van der Waals surface area contributed by atoms with Gasteiger partial charge >= 0.3 is 0 Å². The van der Waals surface area contributed by atoms with E-state index in [0.29, 0.717) is 16.8 Å². The number of Topliss-reactive ketones (excluding diaryl/α,β-unsaturated/α-hetero) is 1. The van der Waals surface area contributed by atoms with Crippen LogP contribution in [0.4, 0.5) is 4.39 Å². The maximum absolute atomic E-state index is 13.6. The molecule has 1 rings (SSSR count). The Balaban J connectivity index is 2.69. The standard InChI is InChI=1S/C13H17FO2S/c1-4-9(2)17-8-13(15)11-6-5-10(16-3)7-12(11)14/h5-7,9H,4,8H2,1-3H3. The maximum Gasteiger partial charge on any atom is 0.175 e. The van der Waals surface area contributed by atoms with Gasteiger partial charge in [-0.05, 0) is 18.6 Å². The molecule has 17 heavy (non-hydrogen) atoms. The van der Waals surface area contributed by atoms with Crippen molar-refractivity contribution in [3.63, 3.8) is 0 Å². The Morgan fingerprint density at radius 1 is 1.53 bits per heavy atom. The van der Waals surface area contributed by atoms with E-state index < -0.39 is 5.82 Å². The molecular weight excluding hydrogens is 239 g/mol. The highest BCUT2D eigenvalue weighted by Crippen LogP contribution is 2.20. The second-order valence-electron chi connectivity index (χ2n) is 3.80. The molecule has 0 aliphatic carbocycles. The number of hydrogen-bond donors (Lipinski definition) is 0. The molecule has 0 spiro atoms. The number of ether oxygens (including phenoxy) is 1. The van der Waals surface area contributed by atoms with E-state index in [-0.39, 0.29) is 11.3 Å². The first kappa shape index (κ1) is 14.0. The summed E-state index contributed by atoms with van der Waals surface area (Å²) in [6.07, 6.45) is 1.00. The van der Waals surface area contributed by atoms with Crippen LogP contribution in [0.3, 0.4) is 0 Å². The summed E-state index contributed by atoms with van der Waals surface area (Å²) in [6.45, 7) is 4.12. The van der Waals surface area contributed by atoms with Crippen LogP contribution < -0.4 is 4.74 Å². The Labute approximate surface area is 106 Å². The molecule has 1 aromatic carbocycles. The number of benzene rings is 1. The van der Waals surface area contributed by atoms with E-state index in [1.54, 1.807) is 17.8 Å². The Bertz CT molecular complexity index is 393. The van der Waals surface area contributed by atoms with E-state index in [0.717, 1.165) is 6.42 Å². The summed E-state index contributed by atoms with van der Waals surface area (Å²) in [5.41, 5.74) is 0.140. The summed E-state index contributed by atoms with van der Waals surface area (Å²) in [4.78, 5) is 11.8. The van der Waals surface area contributed by atoms with E-state index in [9.17, 15) is 9.18 Å². The number of hydrogen-bond acceptors (Lipinski definition) is 3. The second-order valence-corrected chi connectivity index (χ2v) is 5.23. The minimum atomic E-state index is -0.515. The van der Waals surface area contributed by atoms with Gasteiger partial charge in [0.1, 0.15) is 11.6 Å². The number of halogens is 1. The van der Waals surface area contributed by atoms with Gasteiger partial charge < -0.3 is 4.74 Å². The molecule has 1 unspecified atom stereocenters. The van der Waals surface area contributed by atoms with Crippen LogP contribution in [0.2, 0.25) is 0 Å². The fourth-order valence-corrected chi connectivity index (χ4v) is 2.09. The fourth-order valence-electron chi connectivity index (χ4n) is 1.26.